The third kappa shape index (κ3) is 2.85. The van der Waals surface area contributed by atoms with Crippen LogP contribution in [-0.4, -0.2) is 17.0 Å². The van der Waals surface area contributed by atoms with Gasteiger partial charge in [-0.25, -0.2) is 9.18 Å². The molecule has 2 N–H and O–H groups in total. The van der Waals surface area contributed by atoms with Gasteiger partial charge >= 0.3 is 5.97 Å². The first-order valence-electron chi connectivity index (χ1n) is 5.58. The Morgan fingerprint density at radius 1 is 1.05 bits per heavy atom. The van der Waals surface area contributed by atoms with E-state index in [2.05, 4.69) is 21.2 Å². The number of aromatic carboxylic acids is 1. The molecule has 102 valence electrons. The number of para-hydroxylation sites is 1. The highest BCUT2D eigenvalue weighted by Gasteiger charge is 2.18. The number of benzene rings is 2. The van der Waals surface area contributed by atoms with Crippen LogP contribution in [0.15, 0.2) is 46.9 Å². The Balaban J connectivity index is 2.38. The molecule has 0 heterocycles. The first-order valence-corrected chi connectivity index (χ1v) is 6.37. The maximum Gasteiger partial charge on any atom is 0.337 e. The molecule has 0 bridgehead atoms. The molecule has 4 nitrogen and oxygen atoms in total. The molecular weight excluding hydrogens is 329 g/mol. The smallest absolute Gasteiger partial charge is 0.337 e. The molecule has 0 fully saturated rings. The molecule has 6 heteroatoms. The van der Waals surface area contributed by atoms with Crippen LogP contribution in [0.5, 0.6) is 0 Å². The third-order valence-corrected chi connectivity index (χ3v) is 3.29. The van der Waals surface area contributed by atoms with E-state index in [0.717, 1.165) is 6.07 Å². The van der Waals surface area contributed by atoms with E-state index in [0.29, 0.717) is 4.47 Å². The summed E-state index contributed by atoms with van der Waals surface area (Å²) in [4.78, 5) is 23.1. The van der Waals surface area contributed by atoms with Crippen LogP contribution in [0.4, 0.5) is 10.1 Å². The van der Waals surface area contributed by atoms with Gasteiger partial charge in [-0.2, -0.15) is 0 Å². The number of anilines is 1. The van der Waals surface area contributed by atoms with E-state index >= 15 is 0 Å². The molecule has 2 rings (SSSR count). The van der Waals surface area contributed by atoms with Crippen molar-refractivity contribution < 1.29 is 19.1 Å². The highest BCUT2D eigenvalue weighted by atomic mass is 79.9. The molecule has 0 aromatic heterocycles. The fourth-order valence-electron chi connectivity index (χ4n) is 1.66. The molecule has 0 unspecified atom stereocenters. The van der Waals surface area contributed by atoms with Crippen molar-refractivity contribution in [3.8, 4) is 0 Å². The van der Waals surface area contributed by atoms with Gasteiger partial charge in [-0.15, -0.1) is 0 Å². The minimum absolute atomic E-state index is 0.284. The van der Waals surface area contributed by atoms with Crippen LogP contribution in [0.1, 0.15) is 20.7 Å². The second-order valence-electron chi connectivity index (χ2n) is 3.90. The molecule has 0 atom stereocenters. The summed E-state index contributed by atoms with van der Waals surface area (Å²) in [7, 11) is 0. The van der Waals surface area contributed by atoms with Crippen molar-refractivity contribution in [2.75, 3.05) is 5.32 Å². The maximum atomic E-state index is 13.7. The quantitative estimate of drug-likeness (QED) is 0.900. The Morgan fingerprint density at radius 3 is 2.35 bits per heavy atom. The minimum atomic E-state index is -1.31. The summed E-state index contributed by atoms with van der Waals surface area (Å²) < 4.78 is 14.2. The van der Waals surface area contributed by atoms with Crippen LogP contribution in [0.3, 0.4) is 0 Å². The van der Waals surface area contributed by atoms with Gasteiger partial charge in [0.15, 0.2) is 0 Å². The van der Waals surface area contributed by atoms with E-state index < -0.39 is 17.7 Å². The summed E-state index contributed by atoms with van der Waals surface area (Å²) in [6, 6.07) is 10.2. The van der Waals surface area contributed by atoms with Gasteiger partial charge in [0.2, 0.25) is 0 Å². The fraction of sp³-hybridized carbons (Fsp3) is 0. The summed E-state index contributed by atoms with van der Waals surface area (Å²) in [6.45, 7) is 0. The molecular formula is C14H9BrFNO3. The topological polar surface area (TPSA) is 66.4 Å². The van der Waals surface area contributed by atoms with Crippen molar-refractivity contribution in [1.29, 1.82) is 0 Å². The molecule has 2 aromatic carbocycles. The number of halogens is 2. The van der Waals surface area contributed by atoms with E-state index in [1.165, 1.54) is 12.1 Å². The van der Waals surface area contributed by atoms with E-state index in [1.54, 1.807) is 24.3 Å². The standard InChI is InChI=1S/C14H9BrFNO3/c15-10-6-2-1-4-8(10)13(18)17-12-9(14(19)20)5-3-7-11(12)16/h1-7H,(H,17,18)(H,19,20). The third-order valence-electron chi connectivity index (χ3n) is 2.60. The second kappa shape index (κ2) is 5.83. The van der Waals surface area contributed by atoms with E-state index in [-0.39, 0.29) is 16.8 Å². The van der Waals surface area contributed by atoms with Gasteiger partial charge < -0.3 is 10.4 Å². The average Bonchev–Trinajstić information content (AvgIpc) is 2.41. The molecule has 0 saturated carbocycles. The maximum absolute atomic E-state index is 13.7. The van der Waals surface area contributed by atoms with Crippen LogP contribution >= 0.6 is 15.9 Å². The van der Waals surface area contributed by atoms with Crippen LogP contribution < -0.4 is 5.32 Å². The van der Waals surface area contributed by atoms with Gasteiger partial charge in [0.25, 0.3) is 5.91 Å². The van der Waals surface area contributed by atoms with Crippen molar-refractivity contribution in [1.82, 2.24) is 0 Å². The molecule has 0 aliphatic heterocycles. The highest BCUT2D eigenvalue weighted by Crippen LogP contribution is 2.22. The number of hydrogen-bond acceptors (Lipinski definition) is 2. The first-order chi connectivity index (χ1) is 9.50. The summed E-state index contributed by atoms with van der Waals surface area (Å²) >= 11 is 3.21. The van der Waals surface area contributed by atoms with Crippen molar-refractivity contribution in [3.05, 3.63) is 63.9 Å². The lowest BCUT2D eigenvalue weighted by molar-refractivity contribution is 0.0697. The summed E-state index contributed by atoms with van der Waals surface area (Å²) in [5, 5.41) is 11.3. The Hall–Kier alpha value is -2.21. The predicted molar refractivity (Wildman–Crippen MR) is 75.5 cm³/mol. The van der Waals surface area contributed by atoms with Crippen molar-refractivity contribution >= 4 is 33.5 Å². The lowest BCUT2D eigenvalue weighted by atomic mass is 10.1. The molecule has 0 aliphatic rings. The predicted octanol–water partition coefficient (Wildman–Crippen LogP) is 3.54. The summed E-state index contributed by atoms with van der Waals surface area (Å²) in [6.07, 6.45) is 0. The van der Waals surface area contributed by atoms with Gasteiger partial charge in [-0.05, 0) is 40.2 Å². The molecule has 2 aromatic rings. The highest BCUT2D eigenvalue weighted by molar-refractivity contribution is 9.10. The van der Waals surface area contributed by atoms with Gasteiger partial charge in [0.1, 0.15) is 5.82 Å². The fourth-order valence-corrected chi connectivity index (χ4v) is 2.12. The molecule has 0 radical (unpaired) electrons. The van der Waals surface area contributed by atoms with E-state index in [9.17, 15) is 14.0 Å². The number of carboxylic acids is 1. The lowest BCUT2D eigenvalue weighted by Crippen LogP contribution is -2.16. The zero-order chi connectivity index (χ0) is 14.7. The van der Waals surface area contributed by atoms with Crippen LogP contribution in [0, 0.1) is 5.82 Å². The number of rotatable bonds is 3. The number of carbonyl (C=O) groups excluding carboxylic acids is 1. The average molecular weight is 338 g/mol. The number of carbonyl (C=O) groups is 2. The van der Waals surface area contributed by atoms with Crippen LogP contribution in [0.25, 0.3) is 0 Å². The van der Waals surface area contributed by atoms with Crippen LogP contribution in [-0.2, 0) is 0 Å². The van der Waals surface area contributed by atoms with Gasteiger partial charge in [0, 0.05) is 4.47 Å². The molecule has 0 saturated heterocycles. The monoisotopic (exact) mass is 337 g/mol. The zero-order valence-electron chi connectivity index (χ0n) is 10.1. The molecule has 0 aliphatic carbocycles. The van der Waals surface area contributed by atoms with E-state index in [4.69, 9.17) is 5.11 Å². The summed E-state index contributed by atoms with van der Waals surface area (Å²) in [5.74, 6) is -2.71. The van der Waals surface area contributed by atoms with Crippen molar-refractivity contribution in [2.24, 2.45) is 0 Å². The Labute approximate surface area is 122 Å². The molecule has 20 heavy (non-hydrogen) atoms. The SMILES string of the molecule is O=C(Nc1c(F)cccc1C(=O)O)c1ccccc1Br. The van der Waals surface area contributed by atoms with Crippen LogP contribution in [0.2, 0.25) is 0 Å². The molecule has 1 amide bonds. The lowest BCUT2D eigenvalue weighted by Gasteiger charge is -2.10. The largest absolute Gasteiger partial charge is 0.478 e. The van der Waals surface area contributed by atoms with E-state index in [1.807, 2.05) is 0 Å². The number of hydrogen-bond donors (Lipinski definition) is 2. The van der Waals surface area contributed by atoms with Gasteiger partial charge in [0.05, 0.1) is 16.8 Å². The minimum Gasteiger partial charge on any atom is -0.478 e. The van der Waals surface area contributed by atoms with Gasteiger partial charge in [-0.1, -0.05) is 18.2 Å². The Kier molecular flexibility index (Phi) is 4.14. The summed E-state index contributed by atoms with van der Waals surface area (Å²) in [5.41, 5.74) is -0.363. The first kappa shape index (κ1) is 14.2. The van der Waals surface area contributed by atoms with Gasteiger partial charge in [-0.3, -0.25) is 4.79 Å². The van der Waals surface area contributed by atoms with Crippen molar-refractivity contribution in [3.63, 3.8) is 0 Å². The Morgan fingerprint density at radius 2 is 1.70 bits per heavy atom. The van der Waals surface area contributed by atoms with Crippen molar-refractivity contribution in [2.45, 2.75) is 0 Å². The number of amides is 1. The normalized spacial score (nSPS) is 10.1. The number of carboxylic acid groups (broad SMARTS) is 1. The molecule has 0 spiro atoms. The number of nitrogens with one attached hydrogen (secondary N) is 1. The second-order valence-corrected chi connectivity index (χ2v) is 4.76. The Bertz CT molecular complexity index is 688. The zero-order valence-corrected chi connectivity index (χ0v) is 11.6.